The van der Waals surface area contributed by atoms with Crippen molar-refractivity contribution in [2.45, 2.75) is 26.7 Å². The van der Waals surface area contributed by atoms with Gasteiger partial charge < -0.3 is 10.6 Å². The Labute approximate surface area is 109 Å². The molecule has 0 amide bonds. The van der Waals surface area contributed by atoms with E-state index in [1.807, 2.05) is 0 Å². The zero-order valence-electron chi connectivity index (χ0n) is 10.6. The molecule has 1 aliphatic rings. The molecule has 1 saturated heterocycles. The molecule has 2 nitrogen and oxygen atoms in total. The van der Waals surface area contributed by atoms with Crippen molar-refractivity contribution >= 4 is 22.9 Å². The number of anilines is 1. The Morgan fingerprint density at radius 2 is 2.29 bits per heavy atom. The van der Waals surface area contributed by atoms with Crippen LogP contribution in [0.3, 0.4) is 0 Å². The number of nitrogens with two attached hydrogens (primary N) is 1. The first-order chi connectivity index (χ1) is 8.11. The largest absolute Gasteiger partial charge is 0.389 e. The second kappa shape index (κ2) is 5.05. The number of aryl methyl sites for hydroxylation is 1. The van der Waals surface area contributed by atoms with Gasteiger partial charge in [0.05, 0.1) is 0 Å². The Kier molecular flexibility index (Phi) is 3.67. The van der Waals surface area contributed by atoms with Crippen LogP contribution in [-0.2, 0) is 0 Å². The molecule has 0 aliphatic carbocycles. The summed E-state index contributed by atoms with van der Waals surface area (Å²) in [7, 11) is 0. The van der Waals surface area contributed by atoms with Crippen molar-refractivity contribution in [3.63, 3.8) is 0 Å². The highest BCUT2D eigenvalue weighted by atomic mass is 32.1. The topological polar surface area (TPSA) is 29.3 Å². The van der Waals surface area contributed by atoms with Crippen molar-refractivity contribution in [1.82, 2.24) is 0 Å². The van der Waals surface area contributed by atoms with E-state index in [0.29, 0.717) is 4.99 Å². The Bertz CT molecular complexity index is 428. The van der Waals surface area contributed by atoms with Crippen LogP contribution >= 0.6 is 12.2 Å². The lowest BCUT2D eigenvalue weighted by molar-refractivity contribution is 0.569. The van der Waals surface area contributed by atoms with Crippen molar-refractivity contribution in [3.8, 4) is 0 Å². The molecular weight excluding hydrogens is 228 g/mol. The van der Waals surface area contributed by atoms with Gasteiger partial charge >= 0.3 is 0 Å². The summed E-state index contributed by atoms with van der Waals surface area (Å²) in [4.78, 5) is 2.92. The molecule has 92 valence electrons. The van der Waals surface area contributed by atoms with Crippen LogP contribution in [0.5, 0.6) is 0 Å². The predicted molar refractivity (Wildman–Crippen MR) is 77.7 cm³/mol. The summed E-state index contributed by atoms with van der Waals surface area (Å²) in [6.07, 6.45) is 2.53. The average molecular weight is 248 g/mol. The summed E-state index contributed by atoms with van der Waals surface area (Å²) in [6, 6.07) is 6.38. The molecule has 0 bridgehead atoms. The summed E-state index contributed by atoms with van der Waals surface area (Å²) in [6.45, 7) is 6.59. The number of nitrogens with zero attached hydrogens (tertiary/aromatic N) is 1. The minimum Gasteiger partial charge on any atom is -0.389 e. The number of thiocarbonyl (C=S) groups is 1. The fraction of sp³-hybridized carbons (Fsp3) is 0.500. The molecule has 3 heteroatoms. The number of rotatable bonds is 3. The molecule has 1 aromatic rings. The lowest BCUT2D eigenvalue weighted by Gasteiger charge is -2.22. The van der Waals surface area contributed by atoms with E-state index in [1.54, 1.807) is 0 Å². The van der Waals surface area contributed by atoms with Crippen LogP contribution in [0.15, 0.2) is 18.2 Å². The van der Waals surface area contributed by atoms with E-state index in [0.717, 1.165) is 24.6 Å². The highest BCUT2D eigenvalue weighted by molar-refractivity contribution is 7.80. The Morgan fingerprint density at radius 1 is 1.53 bits per heavy atom. The third kappa shape index (κ3) is 2.60. The zero-order chi connectivity index (χ0) is 12.4. The van der Waals surface area contributed by atoms with Gasteiger partial charge in [-0.3, -0.25) is 0 Å². The second-order valence-corrected chi connectivity index (χ2v) is 5.33. The monoisotopic (exact) mass is 248 g/mol. The van der Waals surface area contributed by atoms with Gasteiger partial charge in [-0.1, -0.05) is 37.2 Å². The van der Waals surface area contributed by atoms with Gasteiger partial charge in [-0.05, 0) is 31.4 Å². The summed E-state index contributed by atoms with van der Waals surface area (Å²) >= 11 is 5.15. The highest BCUT2D eigenvalue weighted by Gasteiger charge is 2.23. The first kappa shape index (κ1) is 12.4. The smallest absolute Gasteiger partial charge is 0.106 e. The molecule has 0 aromatic heterocycles. The lowest BCUT2D eigenvalue weighted by Crippen LogP contribution is -2.23. The third-order valence-electron chi connectivity index (χ3n) is 3.62. The van der Waals surface area contributed by atoms with Crippen LogP contribution in [-0.4, -0.2) is 18.1 Å². The third-order valence-corrected chi connectivity index (χ3v) is 3.84. The number of hydrogen-bond donors (Lipinski definition) is 1. The number of benzene rings is 1. The van der Waals surface area contributed by atoms with E-state index in [2.05, 4.69) is 36.9 Å². The highest BCUT2D eigenvalue weighted by Crippen LogP contribution is 2.29. The van der Waals surface area contributed by atoms with Gasteiger partial charge in [0.15, 0.2) is 0 Å². The van der Waals surface area contributed by atoms with Crippen molar-refractivity contribution in [2.75, 3.05) is 18.0 Å². The minimum atomic E-state index is 0.503. The normalized spacial score (nSPS) is 19.6. The molecule has 1 fully saturated rings. The molecule has 0 spiro atoms. The Balaban J connectivity index is 2.29. The molecular formula is C14H20N2S. The second-order valence-electron chi connectivity index (χ2n) is 4.89. The van der Waals surface area contributed by atoms with E-state index in [-0.39, 0.29) is 0 Å². The van der Waals surface area contributed by atoms with E-state index < -0.39 is 0 Å². The van der Waals surface area contributed by atoms with Gasteiger partial charge in [0.1, 0.15) is 4.99 Å². The van der Waals surface area contributed by atoms with E-state index in [4.69, 9.17) is 18.0 Å². The van der Waals surface area contributed by atoms with Gasteiger partial charge in [0.25, 0.3) is 0 Å². The van der Waals surface area contributed by atoms with Gasteiger partial charge in [0, 0.05) is 24.3 Å². The quantitative estimate of drug-likeness (QED) is 0.834. The Hall–Kier alpha value is -1.09. The first-order valence-corrected chi connectivity index (χ1v) is 6.68. The van der Waals surface area contributed by atoms with E-state index >= 15 is 0 Å². The molecule has 0 saturated carbocycles. The van der Waals surface area contributed by atoms with E-state index in [9.17, 15) is 0 Å². The van der Waals surface area contributed by atoms with E-state index in [1.165, 1.54) is 24.1 Å². The molecule has 1 aromatic carbocycles. The Morgan fingerprint density at radius 3 is 2.88 bits per heavy atom. The predicted octanol–water partition coefficient (Wildman–Crippen LogP) is 2.87. The van der Waals surface area contributed by atoms with Crippen LogP contribution in [0.25, 0.3) is 0 Å². The summed E-state index contributed by atoms with van der Waals surface area (Å²) in [5, 5.41) is 0. The molecule has 1 atom stereocenters. The van der Waals surface area contributed by atoms with Crippen molar-refractivity contribution in [2.24, 2.45) is 11.7 Å². The maximum atomic E-state index is 5.82. The fourth-order valence-electron chi connectivity index (χ4n) is 2.51. The summed E-state index contributed by atoms with van der Waals surface area (Å²) in [5.74, 6) is 0.815. The molecule has 2 N–H and O–H groups in total. The average Bonchev–Trinajstić information content (AvgIpc) is 2.77. The zero-order valence-corrected chi connectivity index (χ0v) is 11.4. The molecule has 1 unspecified atom stereocenters. The fourth-order valence-corrected chi connectivity index (χ4v) is 2.67. The summed E-state index contributed by atoms with van der Waals surface area (Å²) < 4.78 is 0. The minimum absolute atomic E-state index is 0.503. The molecule has 2 rings (SSSR count). The molecule has 1 heterocycles. The summed E-state index contributed by atoms with van der Waals surface area (Å²) in [5.41, 5.74) is 9.27. The van der Waals surface area contributed by atoms with Crippen molar-refractivity contribution in [1.29, 1.82) is 0 Å². The number of hydrogen-bond acceptors (Lipinski definition) is 2. The van der Waals surface area contributed by atoms with Crippen LogP contribution in [0, 0.1) is 12.8 Å². The van der Waals surface area contributed by atoms with Crippen molar-refractivity contribution < 1.29 is 0 Å². The van der Waals surface area contributed by atoms with Crippen LogP contribution < -0.4 is 10.6 Å². The van der Waals surface area contributed by atoms with Crippen LogP contribution in [0.4, 0.5) is 5.69 Å². The molecule has 1 aliphatic heterocycles. The maximum Gasteiger partial charge on any atom is 0.106 e. The van der Waals surface area contributed by atoms with Crippen LogP contribution in [0.2, 0.25) is 0 Å². The van der Waals surface area contributed by atoms with Gasteiger partial charge in [-0.2, -0.15) is 0 Å². The van der Waals surface area contributed by atoms with Crippen molar-refractivity contribution in [3.05, 3.63) is 29.3 Å². The van der Waals surface area contributed by atoms with Gasteiger partial charge in [-0.15, -0.1) is 0 Å². The molecule has 17 heavy (non-hydrogen) atoms. The standard InChI is InChI=1S/C14H20N2S/c1-3-11-6-7-16(9-11)13-5-4-10(2)8-12(13)14(15)17/h4-5,8,11H,3,6-7,9H2,1-2H3,(H2,15,17). The SMILES string of the molecule is CCC1CCN(c2ccc(C)cc2C(N)=S)C1. The lowest BCUT2D eigenvalue weighted by atomic mass is 10.1. The van der Waals surface area contributed by atoms with Crippen LogP contribution in [0.1, 0.15) is 30.9 Å². The maximum absolute atomic E-state index is 5.82. The first-order valence-electron chi connectivity index (χ1n) is 6.27. The van der Waals surface area contributed by atoms with Gasteiger partial charge in [-0.25, -0.2) is 0 Å². The molecule has 0 radical (unpaired) electrons. The van der Waals surface area contributed by atoms with Gasteiger partial charge in [0.2, 0.25) is 0 Å².